The van der Waals surface area contributed by atoms with Crippen LogP contribution in [0.2, 0.25) is 5.02 Å². The van der Waals surface area contributed by atoms with Gasteiger partial charge in [0.1, 0.15) is 0 Å². The van der Waals surface area contributed by atoms with Gasteiger partial charge in [-0.05, 0) is 11.6 Å². The average molecular weight is 332 g/mol. The predicted molar refractivity (Wildman–Crippen MR) is 88.6 cm³/mol. The van der Waals surface area contributed by atoms with Gasteiger partial charge in [0.15, 0.2) is 0 Å². The Morgan fingerprint density at radius 2 is 1.78 bits per heavy atom. The highest BCUT2D eigenvalue weighted by atomic mass is 35.5. The summed E-state index contributed by atoms with van der Waals surface area (Å²) in [5.74, 6) is -0.299. The first-order valence-electron chi connectivity index (χ1n) is 6.69. The minimum absolute atomic E-state index is 0.0145. The molecule has 118 valence electrons. The quantitative estimate of drug-likeness (QED) is 0.629. The van der Waals surface area contributed by atoms with Crippen molar-refractivity contribution in [3.8, 4) is 0 Å². The van der Waals surface area contributed by atoms with Crippen molar-refractivity contribution in [1.82, 2.24) is 10.9 Å². The van der Waals surface area contributed by atoms with Crippen LogP contribution in [0.1, 0.15) is 11.1 Å². The minimum Gasteiger partial charge on any atom is -0.299 e. The van der Waals surface area contributed by atoms with Gasteiger partial charge in [-0.1, -0.05) is 48.5 Å². The van der Waals surface area contributed by atoms with Gasteiger partial charge in [-0.25, -0.2) is 0 Å². The first-order chi connectivity index (χ1) is 11.0. The Morgan fingerprint density at radius 1 is 1.13 bits per heavy atom. The monoisotopic (exact) mass is 331 g/mol. The molecule has 0 bridgehead atoms. The number of halogens is 1. The van der Waals surface area contributed by atoms with Gasteiger partial charge in [0, 0.05) is 22.7 Å². The van der Waals surface area contributed by atoms with Gasteiger partial charge in [-0.15, -0.1) is 0 Å². The van der Waals surface area contributed by atoms with Crippen molar-refractivity contribution in [2.75, 3.05) is 0 Å². The van der Waals surface area contributed by atoms with E-state index in [-0.39, 0.29) is 18.0 Å². The Labute approximate surface area is 137 Å². The molecule has 1 amide bonds. The summed E-state index contributed by atoms with van der Waals surface area (Å²) in [6, 6.07) is 12.9. The van der Waals surface area contributed by atoms with Crippen LogP contribution in [0.4, 0.5) is 5.69 Å². The Morgan fingerprint density at radius 3 is 2.39 bits per heavy atom. The number of nitro groups is 1. The highest BCUT2D eigenvalue weighted by Gasteiger charge is 2.08. The van der Waals surface area contributed by atoms with E-state index in [4.69, 9.17) is 11.6 Å². The first kappa shape index (κ1) is 16.5. The molecule has 0 spiro atoms. The smallest absolute Gasteiger partial charge is 0.269 e. The molecule has 23 heavy (non-hydrogen) atoms. The molecule has 2 N–H and O–H groups in total. The Balaban J connectivity index is 1.89. The van der Waals surface area contributed by atoms with Crippen molar-refractivity contribution < 1.29 is 9.72 Å². The lowest BCUT2D eigenvalue weighted by molar-refractivity contribution is -0.384. The van der Waals surface area contributed by atoms with Crippen molar-refractivity contribution in [3.05, 3.63) is 81.4 Å². The summed E-state index contributed by atoms with van der Waals surface area (Å²) in [6.07, 6.45) is 0.0841. The second-order valence-corrected chi connectivity index (χ2v) is 5.14. The number of hydrogen-bond donors (Lipinski definition) is 2. The van der Waals surface area contributed by atoms with Crippen LogP contribution in [0.3, 0.4) is 0 Å². The van der Waals surface area contributed by atoms with Crippen LogP contribution >= 0.6 is 11.6 Å². The van der Waals surface area contributed by atoms with E-state index in [2.05, 4.69) is 17.4 Å². The molecule has 0 fully saturated rings. The second kappa shape index (κ2) is 7.42. The molecule has 0 radical (unpaired) electrons. The lowest BCUT2D eigenvalue weighted by atomic mass is 10.1. The highest BCUT2D eigenvalue weighted by molar-refractivity contribution is 6.32. The number of nitro benzene ring substituents is 1. The van der Waals surface area contributed by atoms with Crippen LogP contribution in [0, 0.1) is 10.1 Å². The summed E-state index contributed by atoms with van der Waals surface area (Å²) in [7, 11) is 0. The molecule has 0 aliphatic rings. The SMILES string of the molecule is C=C(NNC(=O)Cc1ccc([N+](=O)[O-])cc1)c1ccccc1Cl. The van der Waals surface area contributed by atoms with Crippen molar-refractivity contribution in [1.29, 1.82) is 0 Å². The highest BCUT2D eigenvalue weighted by Crippen LogP contribution is 2.20. The summed E-state index contributed by atoms with van der Waals surface area (Å²) < 4.78 is 0. The molecule has 0 aromatic heterocycles. The Bertz CT molecular complexity index is 744. The summed E-state index contributed by atoms with van der Waals surface area (Å²) in [5, 5.41) is 11.1. The van der Waals surface area contributed by atoms with Crippen molar-refractivity contribution in [2.45, 2.75) is 6.42 Å². The van der Waals surface area contributed by atoms with E-state index in [0.717, 1.165) is 0 Å². The fourth-order valence-electron chi connectivity index (χ4n) is 1.88. The number of hydrazine groups is 1. The zero-order chi connectivity index (χ0) is 16.8. The summed E-state index contributed by atoms with van der Waals surface area (Å²) in [6.45, 7) is 3.81. The standard InChI is InChI=1S/C16H14ClN3O3/c1-11(14-4-2-3-5-15(14)17)18-19-16(21)10-12-6-8-13(9-7-12)20(22)23/h2-9,18H,1,10H2,(H,19,21). The third-order valence-electron chi connectivity index (χ3n) is 3.06. The number of rotatable bonds is 6. The van der Waals surface area contributed by atoms with E-state index < -0.39 is 4.92 Å². The molecule has 2 rings (SSSR count). The number of amides is 1. The lowest BCUT2D eigenvalue weighted by Gasteiger charge is -2.12. The predicted octanol–water partition coefficient (Wildman–Crippen LogP) is 3.08. The molecule has 0 unspecified atom stereocenters. The number of carbonyl (C=O) groups excluding carboxylic acids is 1. The summed E-state index contributed by atoms with van der Waals surface area (Å²) in [5.41, 5.74) is 7.02. The number of hydrogen-bond acceptors (Lipinski definition) is 4. The Kier molecular flexibility index (Phi) is 5.32. The molecule has 0 heterocycles. The fraction of sp³-hybridized carbons (Fsp3) is 0.0625. The molecule has 0 saturated carbocycles. The molecule has 7 heteroatoms. The maximum absolute atomic E-state index is 11.9. The number of nitrogens with zero attached hydrogens (tertiary/aromatic N) is 1. The van der Waals surface area contributed by atoms with E-state index in [1.807, 2.05) is 6.07 Å². The molecule has 6 nitrogen and oxygen atoms in total. The number of non-ortho nitro benzene ring substituents is 1. The number of benzene rings is 2. The molecule has 2 aromatic rings. The average Bonchev–Trinajstić information content (AvgIpc) is 2.53. The van der Waals surface area contributed by atoms with Gasteiger partial charge in [0.05, 0.1) is 17.0 Å². The summed E-state index contributed by atoms with van der Waals surface area (Å²) >= 11 is 6.04. The maximum Gasteiger partial charge on any atom is 0.269 e. The van der Waals surface area contributed by atoms with E-state index in [0.29, 0.717) is 21.8 Å². The van der Waals surface area contributed by atoms with Crippen molar-refractivity contribution >= 4 is 28.9 Å². The van der Waals surface area contributed by atoms with E-state index in [1.54, 1.807) is 30.3 Å². The van der Waals surface area contributed by atoms with E-state index in [9.17, 15) is 14.9 Å². The van der Waals surface area contributed by atoms with Gasteiger partial charge >= 0.3 is 0 Å². The zero-order valence-corrected chi connectivity index (χ0v) is 12.8. The summed E-state index contributed by atoms with van der Waals surface area (Å²) in [4.78, 5) is 22.0. The lowest BCUT2D eigenvalue weighted by Crippen LogP contribution is -2.36. The van der Waals surface area contributed by atoms with Gasteiger partial charge in [-0.3, -0.25) is 25.8 Å². The largest absolute Gasteiger partial charge is 0.299 e. The van der Waals surface area contributed by atoms with Gasteiger partial charge in [0.25, 0.3) is 5.69 Å². The molecule has 0 aliphatic heterocycles. The van der Waals surface area contributed by atoms with Crippen LogP contribution in [-0.2, 0) is 11.2 Å². The molecular formula is C16H14ClN3O3. The van der Waals surface area contributed by atoms with E-state index >= 15 is 0 Å². The fourth-order valence-corrected chi connectivity index (χ4v) is 2.13. The van der Waals surface area contributed by atoms with Crippen molar-refractivity contribution in [2.24, 2.45) is 0 Å². The molecule has 0 aliphatic carbocycles. The van der Waals surface area contributed by atoms with Crippen molar-refractivity contribution in [3.63, 3.8) is 0 Å². The number of carbonyl (C=O) groups is 1. The minimum atomic E-state index is -0.487. The van der Waals surface area contributed by atoms with Gasteiger partial charge in [-0.2, -0.15) is 0 Å². The zero-order valence-electron chi connectivity index (χ0n) is 12.1. The van der Waals surface area contributed by atoms with Crippen LogP contribution in [0.15, 0.2) is 55.1 Å². The van der Waals surface area contributed by atoms with Crippen LogP contribution in [-0.4, -0.2) is 10.8 Å². The normalized spacial score (nSPS) is 9.96. The van der Waals surface area contributed by atoms with Crippen LogP contribution in [0.25, 0.3) is 5.70 Å². The molecular weight excluding hydrogens is 318 g/mol. The van der Waals surface area contributed by atoms with Crippen LogP contribution < -0.4 is 10.9 Å². The van der Waals surface area contributed by atoms with Crippen LogP contribution in [0.5, 0.6) is 0 Å². The number of nitrogens with one attached hydrogen (secondary N) is 2. The second-order valence-electron chi connectivity index (χ2n) is 4.73. The van der Waals surface area contributed by atoms with E-state index in [1.165, 1.54) is 12.1 Å². The third kappa shape index (κ3) is 4.55. The topological polar surface area (TPSA) is 84.3 Å². The molecule has 0 saturated heterocycles. The maximum atomic E-state index is 11.9. The first-order valence-corrected chi connectivity index (χ1v) is 7.07. The van der Waals surface area contributed by atoms with Gasteiger partial charge < -0.3 is 0 Å². The third-order valence-corrected chi connectivity index (χ3v) is 3.39. The molecule has 2 aromatic carbocycles. The Hall–Kier alpha value is -2.86. The molecule has 0 atom stereocenters. The van der Waals surface area contributed by atoms with Gasteiger partial charge in [0.2, 0.25) is 5.91 Å².